The van der Waals surface area contributed by atoms with Crippen LogP contribution in [-0.2, 0) is 13.5 Å². The van der Waals surface area contributed by atoms with E-state index in [2.05, 4.69) is 18.9 Å². The summed E-state index contributed by atoms with van der Waals surface area (Å²) < 4.78 is 1.62. The highest BCUT2D eigenvalue weighted by atomic mass is 16.2. The zero-order chi connectivity index (χ0) is 14.2. The van der Waals surface area contributed by atoms with Gasteiger partial charge in [-0.25, -0.2) is 0 Å². The van der Waals surface area contributed by atoms with Crippen LogP contribution in [0.5, 0.6) is 0 Å². The molecule has 5 nitrogen and oxygen atoms in total. The summed E-state index contributed by atoms with van der Waals surface area (Å²) in [5.74, 6) is 0.0164. The lowest BCUT2D eigenvalue weighted by molar-refractivity contribution is 0.0620. The fourth-order valence-electron chi connectivity index (χ4n) is 2.58. The predicted molar refractivity (Wildman–Crippen MR) is 75.9 cm³/mol. The van der Waals surface area contributed by atoms with Crippen LogP contribution in [0, 0.1) is 5.41 Å². The lowest BCUT2D eigenvalue weighted by Gasteiger charge is -2.36. The van der Waals surface area contributed by atoms with Gasteiger partial charge in [-0.1, -0.05) is 20.8 Å². The molecular weight excluding hydrogens is 240 g/mol. The number of carbonyl (C=O) groups is 1. The molecule has 5 heteroatoms. The third-order valence-corrected chi connectivity index (χ3v) is 4.10. The first-order valence-electron chi connectivity index (χ1n) is 6.96. The maximum atomic E-state index is 12.6. The quantitative estimate of drug-likeness (QED) is 0.886. The second kappa shape index (κ2) is 4.87. The molecule has 0 radical (unpaired) electrons. The van der Waals surface area contributed by atoms with E-state index in [-0.39, 0.29) is 5.91 Å². The largest absolute Gasteiger partial charge is 0.395 e. The monoisotopic (exact) mass is 264 g/mol. The minimum absolute atomic E-state index is 0.0164. The Kier molecular flexibility index (Phi) is 3.56. The van der Waals surface area contributed by atoms with Gasteiger partial charge in [0, 0.05) is 20.1 Å². The Bertz CT molecular complexity index is 480. The SMILES string of the molecule is CCc1nn(C)c(C(=O)N2CCC(C)(C)CC2)c1N. The first-order chi connectivity index (χ1) is 8.85. The number of likely N-dealkylation sites (tertiary alicyclic amines) is 1. The smallest absolute Gasteiger partial charge is 0.274 e. The van der Waals surface area contributed by atoms with Gasteiger partial charge in [0.1, 0.15) is 5.69 Å². The van der Waals surface area contributed by atoms with E-state index in [9.17, 15) is 4.79 Å². The fourth-order valence-corrected chi connectivity index (χ4v) is 2.58. The first kappa shape index (κ1) is 13.9. The third-order valence-electron chi connectivity index (χ3n) is 4.10. The molecule has 0 atom stereocenters. The van der Waals surface area contributed by atoms with Gasteiger partial charge in [-0.3, -0.25) is 9.48 Å². The third kappa shape index (κ3) is 2.60. The van der Waals surface area contributed by atoms with Gasteiger partial charge in [-0.2, -0.15) is 5.10 Å². The molecule has 2 heterocycles. The van der Waals surface area contributed by atoms with Crippen LogP contribution in [0.3, 0.4) is 0 Å². The number of aromatic nitrogens is 2. The highest BCUT2D eigenvalue weighted by Gasteiger charge is 2.31. The normalized spacial score (nSPS) is 18.6. The maximum absolute atomic E-state index is 12.6. The van der Waals surface area contributed by atoms with E-state index in [1.54, 1.807) is 11.7 Å². The minimum atomic E-state index is 0.0164. The number of amides is 1. The first-order valence-corrected chi connectivity index (χ1v) is 6.96. The van der Waals surface area contributed by atoms with Crippen molar-refractivity contribution in [2.75, 3.05) is 18.8 Å². The van der Waals surface area contributed by atoms with Gasteiger partial charge in [0.05, 0.1) is 11.4 Å². The summed E-state index contributed by atoms with van der Waals surface area (Å²) in [4.78, 5) is 14.5. The Morgan fingerprint density at radius 1 is 1.37 bits per heavy atom. The Morgan fingerprint density at radius 3 is 2.42 bits per heavy atom. The molecule has 0 spiro atoms. The molecule has 1 amide bonds. The summed E-state index contributed by atoms with van der Waals surface area (Å²) in [6.07, 6.45) is 2.83. The number of nitrogens with two attached hydrogens (primary N) is 1. The zero-order valence-corrected chi connectivity index (χ0v) is 12.4. The van der Waals surface area contributed by atoms with E-state index < -0.39 is 0 Å². The number of anilines is 1. The van der Waals surface area contributed by atoms with Gasteiger partial charge >= 0.3 is 0 Å². The summed E-state index contributed by atoms with van der Waals surface area (Å²) in [6.45, 7) is 8.11. The maximum Gasteiger partial charge on any atom is 0.274 e. The van der Waals surface area contributed by atoms with Gasteiger partial charge in [0.15, 0.2) is 0 Å². The van der Waals surface area contributed by atoms with Crippen LogP contribution in [0.1, 0.15) is 49.8 Å². The summed E-state index contributed by atoms with van der Waals surface area (Å²) in [6, 6.07) is 0. The number of aryl methyl sites for hydroxylation is 2. The number of rotatable bonds is 2. The van der Waals surface area contributed by atoms with Gasteiger partial charge in [-0.15, -0.1) is 0 Å². The molecule has 1 aromatic heterocycles. The number of hydrogen-bond acceptors (Lipinski definition) is 3. The van der Waals surface area contributed by atoms with E-state index in [0.29, 0.717) is 16.8 Å². The van der Waals surface area contributed by atoms with Crippen molar-refractivity contribution in [1.82, 2.24) is 14.7 Å². The van der Waals surface area contributed by atoms with Crippen molar-refractivity contribution in [3.05, 3.63) is 11.4 Å². The van der Waals surface area contributed by atoms with Crippen molar-refractivity contribution in [2.45, 2.75) is 40.0 Å². The number of carbonyl (C=O) groups excluding carboxylic acids is 1. The molecular formula is C14H24N4O. The van der Waals surface area contributed by atoms with Gasteiger partial charge < -0.3 is 10.6 Å². The van der Waals surface area contributed by atoms with Gasteiger partial charge in [0.2, 0.25) is 0 Å². The zero-order valence-electron chi connectivity index (χ0n) is 12.4. The second-order valence-electron chi connectivity index (χ2n) is 6.14. The molecule has 1 fully saturated rings. The van der Waals surface area contributed by atoms with Crippen LogP contribution < -0.4 is 5.73 Å². The van der Waals surface area contributed by atoms with E-state index in [4.69, 9.17) is 5.73 Å². The fraction of sp³-hybridized carbons (Fsp3) is 0.714. The van der Waals surface area contributed by atoms with Crippen molar-refractivity contribution in [3.8, 4) is 0 Å². The Balaban J connectivity index is 2.19. The summed E-state index contributed by atoms with van der Waals surface area (Å²) in [5, 5.41) is 4.32. The van der Waals surface area contributed by atoms with Crippen LogP contribution in [0.2, 0.25) is 0 Å². The standard InChI is InChI=1S/C14H24N4O/c1-5-10-11(15)12(17(4)16-10)13(19)18-8-6-14(2,3)7-9-18/h5-9,15H2,1-4H3. The molecule has 0 unspecified atom stereocenters. The summed E-state index contributed by atoms with van der Waals surface area (Å²) in [5.41, 5.74) is 8.27. The number of nitrogen functional groups attached to an aromatic ring is 1. The van der Waals surface area contributed by atoms with Gasteiger partial charge in [-0.05, 0) is 24.7 Å². The molecule has 106 valence electrons. The van der Waals surface area contributed by atoms with E-state index in [1.807, 2.05) is 11.8 Å². The Hall–Kier alpha value is -1.52. The van der Waals surface area contributed by atoms with Crippen LogP contribution >= 0.6 is 0 Å². The predicted octanol–water partition coefficient (Wildman–Crippen LogP) is 1.83. The van der Waals surface area contributed by atoms with E-state index in [0.717, 1.165) is 38.0 Å². The molecule has 0 bridgehead atoms. The Morgan fingerprint density at radius 2 is 1.95 bits per heavy atom. The van der Waals surface area contributed by atoms with E-state index >= 15 is 0 Å². The van der Waals surface area contributed by atoms with Crippen LogP contribution in [-0.4, -0.2) is 33.7 Å². The minimum Gasteiger partial charge on any atom is -0.395 e. The van der Waals surface area contributed by atoms with Crippen molar-refractivity contribution < 1.29 is 4.79 Å². The van der Waals surface area contributed by atoms with E-state index in [1.165, 1.54) is 0 Å². The second-order valence-corrected chi connectivity index (χ2v) is 6.14. The molecule has 2 N–H and O–H groups in total. The molecule has 1 aromatic rings. The average molecular weight is 264 g/mol. The molecule has 1 saturated heterocycles. The summed E-state index contributed by atoms with van der Waals surface area (Å²) in [7, 11) is 1.79. The molecule has 0 aliphatic carbocycles. The topological polar surface area (TPSA) is 64.2 Å². The number of nitrogens with zero attached hydrogens (tertiary/aromatic N) is 3. The van der Waals surface area contributed by atoms with Crippen molar-refractivity contribution >= 4 is 11.6 Å². The summed E-state index contributed by atoms with van der Waals surface area (Å²) >= 11 is 0. The molecule has 0 aromatic carbocycles. The van der Waals surface area contributed by atoms with Crippen molar-refractivity contribution in [2.24, 2.45) is 12.5 Å². The lowest BCUT2D eigenvalue weighted by atomic mass is 9.82. The number of hydrogen-bond donors (Lipinski definition) is 1. The molecule has 0 saturated carbocycles. The average Bonchev–Trinajstić information content (AvgIpc) is 2.63. The van der Waals surface area contributed by atoms with Crippen LogP contribution in [0.25, 0.3) is 0 Å². The van der Waals surface area contributed by atoms with Crippen LogP contribution in [0.15, 0.2) is 0 Å². The highest BCUT2D eigenvalue weighted by Crippen LogP contribution is 2.31. The molecule has 19 heavy (non-hydrogen) atoms. The molecule has 1 aliphatic heterocycles. The highest BCUT2D eigenvalue weighted by molar-refractivity contribution is 5.98. The molecule has 1 aliphatic rings. The number of piperidine rings is 1. The lowest BCUT2D eigenvalue weighted by Crippen LogP contribution is -2.42. The Labute approximate surface area is 114 Å². The van der Waals surface area contributed by atoms with Gasteiger partial charge in [0.25, 0.3) is 5.91 Å². The molecule has 2 rings (SSSR count). The van der Waals surface area contributed by atoms with Crippen molar-refractivity contribution in [1.29, 1.82) is 0 Å². The van der Waals surface area contributed by atoms with Crippen molar-refractivity contribution in [3.63, 3.8) is 0 Å². The van der Waals surface area contributed by atoms with Crippen LogP contribution in [0.4, 0.5) is 5.69 Å².